The van der Waals surface area contributed by atoms with Crippen LogP contribution >= 0.6 is 0 Å². The molecule has 6 heteroatoms. The first-order valence-corrected chi connectivity index (χ1v) is 7.92. The van der Waals surface area contributed by atoms with Crippen molar-refractivity contribution >= 4 is 11.0 Å². The van der Waals surface area contributed by atoms with Crippen molar-refractivity contribution in [3.63, 3.8) is 0 Å². The zero-order valence-electron chi connectivity index (χ0n) is 13.0. The second-order valence-corrected chi connectivity index (χ2v) is 5.63. The number of para-hydroxylation sites is 1. The molecule has 5 nitrogen and oxygen atoms in total. The average Bonchev–Trinajstić information content (AvgIpc) is 2.93. The fraction of sp³-hybridized carbons (Fsp3) is 0.562. The lowest BCUT2D eigenvalue weighted by atomic mass is 10.3. The molecule has 1 fully saturated rings. The van der Waals surface area contributed by atoms with Crippen molar-refractivity contribution in [2.45, 2.75) is 13.5 Å². The maximum Gasteiger partial charge on any atom is 0.151 e. The highest BCUT2D eigenvalue weighted by molar-refractivity contribution is 5.75. The molecule has 2 heterocycles. The SMILES string of the molecule is CCOCCN1CCN(Cc2nc3c(F)cccc3[nH]2)CC1. The summed E-state index contributed by atoms with van der Waals surface area (Å²) in [5, 5.41) is 0. The molecule has 3 rings (SSSR count). The van der Waals surface area contributed by atoms with Gasteiger partial charge in [-0.15, -0.1) is 0 Å². The zero-order chi connectivity index (χ0) is 15.4. The van der Waals surface area contributed by atoms with Gasteiger partial charge in [0, 0.05) is 39.3 Å². The number of imidazole rings is 1. The summed E-state index contributed by atoms with van der Waals surface area (Å²) < 4.78 is 19.1. The van der Waals surface area contributed by atoms with E-state index in [9.17, 15) is 4.39 Å². The highest BCUT2D eigenvalue weighted by Gasteiger charge is 2.18. The molecule has 0 saturated carbocycles. The molecule has 22 heavy (non-hydrogen) atoms. The van der Waals surface area contributed by atoms with Crippen LogP contribution in [0.25, 0.3) is 11.0 Å². The van der Waals surface area contributed by atoms with Crippen LogP contribution in [-0.2, 0) is 11.3 Å². The Balaban J connectivity index is 1.52. The largest absolute Gasteiger partial charge is 0.380 e. The Bertz CT molecular complexity index is 607. The Kier molecular flexibility index (Phi) is 5.02. The second-order valence-electron chi connectivity index (χ2n) is 5.63. The second kappa shape index (κ2) is 7.17. The number of ether oxygens (including phenoxy) is 1. The van der Waals surface area contributed by atoms with Gasteiger partial charge in [0.2, 0.25) is 0 Å². The Morgan fingerprint density at radius 2 is 2.00 bits per heavy atom. The van der Waals surface area contributed by atoms with Crippen molar-refractivity contribution in [1.29, 1.82) is 0 Å². The molecular formula is C16H23FN4O. The molecule has 1 saturated heterocycles. The topological polar surface area (TPSA) is 44.4 Å². The van der Waals surface area contributed by atoms with E-state index < -0.39 is 0 Å². The highest BCUT2D eigenvalue weighted by atomic mass is 19.1. The smallest absolute Gasteiger partial charge is 0.151 e. The third-order valence-corrected chi connectivity index (χ3v) is 4.11. The van der Waals surface area contributed by atoms with E-state index in [4.69, 9.17) is 4.74 Å². The number of fused-ring (bicyclic) bond motifs is 1. The van der Waals surface area contributed by atoms with E-state index in [1.165, 1.54) is 6.07 Å². The van der Waals surface area contributed by atoms with Gasteiger partial charge in [-0.1, -0.05) is 6.07 Å². The predicted octanol–water partition coefficient (Wildman–Crippen LogP) is 1.86. The van der Waals surface area contributed by atoms with Crippen molar-refractivity contribution in [1.82, 2.24) is 19.8 Å². The van der Waals surface area contributed by atoms with Crippen molar-refractivity contribution in [2.24, 2.45) is 0 Å². The maximum atomic E-state index is 13.7. The summed E-state index contributed by atoms with van der Waals surface area (Å²) in [7, 11) is 0. The van der Waals surface area contributed by atoms with Crippen LogP contribution in [-0.4, -0.2) is 65.7 Å². The van der Waals surface area contributed by atoms with Gasteiger partial charge in [0.25, 0.3) is 0 Å². The molecule has 1 aliphatic rings. The quantitative estimate of drug-likeness (QED) is 0.827. The van der Waals surface area contributed by atoms with E-state index >= 15 is 0 Å². The molecule has 1 aliphatic heterocycles. The molecule has 2 aromatic rings. The van der Waals surface area contributed by atoms with Gasteiger partial charge < -0.3 is 9.72 Å². The van der Waals surface area contributed by atoms with Gasteiger partial charge in [0.15, 0.2) is 5.82 Å². The monoisotopic (exact) mass is 306 g/mol. The first kappa shape index (κ1) is 15.4. The molecule has 0 spiro atoms. The van der Waals surface area contributed by atoms with Crippen LogP contribution in [0.2, 0.25) is 0 Å². The molecule has 0 amide bonds. The minimum Gasteiger partial charge on any atom is -0.380 e. The predicted molar refractivity (Wildman–Crippen MR) is 84.3 cm³/mol. The van der Waals surface area contributed by atoms with E-state index in [1.54, 1.807) is 6.07 Å². The molecule has 1 aromatic heterocycles. The van der Waals surface area contributed by atoms with Crippen molar-refractivity contribution in [3.8, 4) is 0 Å². The number of aromatic nitrogens is 2. The van der Waals surface area contributed by atoms with E-state index in [2.05, 4.69) is 19.8 Å². The summed E-state index contributed by atoms with van der Waals surface area (Å²) in [4.78, 5) is 12.4. The van der Waals surface area contributed by atoms with Crippen LogP contribution in [0, 0.1) is 5.82 Å². The van der Waals surface area contributed by atoms with Gasteiger partial charge in [0.05, 0.1) is 18.7 Å². The lowest BCUT2D eigenvalue weighted by Crippen LogP contribution is -2.46. The molecule has 1 aromatic carbocycles. The van der Waals surface area contributed by atoms with Gasteiger partial charge in [-0.3, -0.25) is 9.80 Å². The fourth-order valence-corrected chi connectivity index (χ4v) is 2.84. The first-order chi connectivity index (χ1) is 10.8. The Morgan fingerprint density at radius 3 is 2.73 bits per heavy atom. The van der Waals surface area contributed by atoms with Crippen LogP contribution in [0.1, 0.15) is 12.7 Å². The van der Waals surface area contributed by atoms with Crippen molar-refractivity contribution < 1.29 is 9.13 Å². The Labute approximate surface area is 130 Å². The van der Waals surface area contributed by atoms with Crippen LogP contribution < -0.4 is 0 Å². The van der Waals surface area contributed by atoms with E-state index in [-0.39, 0.29) is 5.82 Å². The summed E-state index contributed by atoms with van der Waals surface area (Å²) in [6, 6.07) is 5.02. The minimum absolute atomic E-state index is 0.263. The van der Waals surface area contributed by atoms with Crippen LogP contribution in [0.15, 0.2) is 18.2 Å². The van der Waals surface area contributed by atoms with E-state index in [0.29, 0.717) is 5.52 Å². The third kappa shape index (κ3) is 3.63. The highest BCUT2D eigenvalue weighted by Crippen LogP contribution is 2.16. The fourth-order valence-electron chi connectivity index (χ4n) is 2.84. The number of H-pyrrole nitrogens is 1. The number of piperazine rings is 1. The standard InChI is InChI=1S/C16H23FN4O/c1-2-22-11-10-20-6-8-21(9-7-20)12-15-18-14-5-3-4-13(17)16(14)19-15/h3-5H,2,6-12H2,1H3,(H,18,19). The summed E-state index contributed by atoms with van der Waals surface area (Å²) >= 11 is 0. The average molecular weight is 306 g/mol. The Hall–Kier alpha value is -1.50. The number of nitrogens with zero attached hydrogens (tertiary/aromatic N) is 3. The molecule has 0 aliphatic carbocycles. The van der Waals surface area contributed by atoms with Gasteiger partial charge in [0.1, 0.15) is 11.3 Å². The molecule has 0 atom stereocenters. The molecule has 1 N–H and O–H groups in total. The number of hydrogen-bond donors (Lipinski definition) is 1. The number of nitrogens with one attached hydrogen (secondary N) is 1. The summed E-state index contributed by atoms with van der Waals surface area (Å²) in [5.41, 5.74) is 1.21. The lowest BCUT2D eigenvalue weighted by molar-refractivity contribution is 0.0779. The van der Waals surface area contributed by atoms with Gasteiger partial charge in [-0.05, 0) is 19.1 Å². The number of halogens is 1. The number of benzene rings is 1. The molecular weight excluding hydrogens is 283 g/mol. The minimum atomic E-state index is -0.263. The summed E-state index contributed by atoms with van der Waals surface area (Å²) in [6.45, 7) is 9.45. The maximum absolute atomic E-state index is 13.7. The molecule has 0 bridgehead atoms. The van der Waals surface area contributed by atoms with Crippen LogP contribution in [0.4, 0.5) is 4.39 Å². The van der Waals surface area contributed by atoms with Crippen LogP contribution in [0.3, 0.4) is 0 Å². The zero-order valence-corrected chi connectivity index (χ0v) is 13.0. The third-order valence-electron chi connectivity index (χ3n) is 4.11. The number of aromatic amines is 1. The molecule has 0 radical (unpaired) electrons. The van der Waals surface area contributed by atoms with Gasteiger partial charge in [-0.2, -0.15) is 0 Å². The molecule has 120 valence electrons. The first-order valence-electron chi connectivity index (χ1n) is 7.92. The summed E-state index contributed by atoms with van der Waals surface area (Å²) in [5.74, 6) is 0.573. The van der Waals surface area contributed by atoms with Gasteiger partial charge >= 0.3 is 0 Å². The van der Waals surface area contributed by atoms with Crippen molar-refractivity contribution in [3.05, 3.63) is 29.8 Å². The van der Waals surface area contributed by atoms with Crippen molar-refractivity contribution in [2.75, 3.05) is 45.9 Å². The number of hydrogen-bond acceptors (Lipinski definition) is 4. The number of rotatable bonds is 6. The summed E-state index contributed by atoms with van der Waals surface area (Å²) in [6.07, 6.45) is 0. The van der Waals surface area contributed by atoms with Crippen LogP contribution in [0.5, 0.6) is 0 Å². The molecule has 0 unspecified atom stereocenters. The van der Waals surface area contributed by atoms with E-state index in [0.717, 1.165) is 63.8 Å². The normalized spacial score (nSPS) is 17.4. The Morgan fingerprint density at radius 1 is 1.23 bits per heavy atom. The van der Waals surface area contributed by atoms with Gasteiger partial charge in [-0.25, -0.2) is 9.37 Å². The van der Waals surface area contributed by atoms with E-state index in [1.807, 2.05) is 13.0 Å². The lowest BCUT2D eigenvalue weighted by Gasteiger charge is -2.34.